The summed E-state index contributed by atoms with van der Waals surface area (Å²) in [7, 11) is -3.98. The first kappa shape index (κ1) is 23.1. The number of carbonyl (C=O) groups is 3. The lowest BCUT2D eigenvalue weighted by Crippen LogP contribution is -2.49. The number of hydrogen-bond donors (Lipinski definition) is 1. The number of aryl methyl sites for hydroxylation is 1. The van der Waals surface area contributed by atoms with Crippen LogP contribution in [-0.4, -0.2) is 42.5 Å². The monoisotopic (exact) mass is 469 g/mol. The van der Waals surface area contributed by atoms with Gasteiger partial charge >= 0.3 is 0 Å². The molecule has 1 aliphatic heterocycles. The number of hydrogen-bond acceptors (Lipinski definition) is 5. The Bertz CT molecular complexity index is 1170. The van der Waals surface area contributed by atoms with E-state index < -0.39 is 27.9 Å². The van der Waals surface area contributed by atoms with Crippen molar-refractivity contribution < 1.29 is 22.8 Å². The standard InChI is InChI=1S/C24H27N3O5S/c1-16-7-13-21(14-8-16)33(31,32)27(20-5-3-4-6-20)22-15-23(29)26(24(22)30)19-11-9-18(10-12-19)25-17(2)28/h7-14,20,22H,3-6,15H2,1-2H3,(H,25,28). The number of sulfonamides is 1. The Hall–Kier alpha value is -3.04. The van der Waals surface area contributed by atoms with Crippen molar-refractivity contribution in [3.63, 3.8) is 0 Å². The molecule has 3 amide bonds. The van der Waals surface area contributed by atoms with Gasteiger partial charge in [0.25, 0.3) is 5.91 Å². The van der Waals surface area contributed by atoms with E-state index in [0.29, 0.717) is 24.2 Å². The molecule has 174 valence electrons. The van der Waals surface area contributed by atoms with Gasteiger partial charge in [0.2, 0.25) is 21.8 Å². The third-order valence-electron chi connectivity index (χ3n) is 6.16. The molecule has 33 heavy (non-hydrogen) atoms. The zero-order chi connectivity index (χ0) is 23.8. The third kappa shape index (κ3) is 4.56. The van der Waals surface area contributed by atoms with Crippen LogP contribution in [0.1, 0.15) is 44.6 Å². The maximum absolute atomic E-state index is 13.7. The van der Waals surface area contributed by atoms with Gasteiger partial charge in [-0.2, -0.15) is 4.31 Å². The van der Waals surface area contributed by atoms with Crippen molar-refractivity contribution in [2.75, 3.05) is 10.2 Å². The van der Waals surface area contributed by atoms with Crippen molar-refractivity contribution in [1.82, 2.24) is 4.31 Å². The third-order valence-corrected chi connectivity index (χ3v) is 8.13. The fourth-order valence-corrected chi connectivity index (χ4v) is 6.42. The highest BCUT2D eigenvalue weighted by atomic mass is 32.2. The summed E-state index contributed by atoms with van der Waals surface area (Å²) in [6, 6.07) is 11.5. The van der Waals surface area contributed by atoms with Gasteiger partial charge in [0.15, 0.2) is 0 Å². The highest BCUT2D eigenvalue weighted by molar-refractivity contribution is 7.89. The summed E-state index contributed by atoms with van der Waals surface area (Å²) in [4.78, 5) is 38.8. The fraction of sp³-hybridized carbons (Fsp3) is 0.375. The molecule has 8 nitrogen and oxygen atoms in total. The van der Waals surface area contributed by atoms with E-state index in [1.165, 1.54) is 11.2 Å². The second kappa shape index (κ2) is 9.07. The Morgan fingerprint density at radius 1 is 1.00 bits per heavy atom. The second-order valence-electron chi connectivity index (χ2n) is 8.60. The van der Waals surface area contributed by atoms with Crippen molar-refractivity contribution >= 4 is 39.1 Å². The summed E-state index contributed by atoms with van der Waals surface area (Å²) in [6.45, 7) is 3.26. The van der Waals surface area contributed by atoms with E-state index in [1.54, 1.807) is 48.5 Å². The van der Waals surface area contributed by atoms with Crippen molar-refractivity contribution in [3.05, 3.63) is 54.1 Å². The normalized spacial score (nSPS) is 19.5. The van der Waals surface area contributed by atoms with Crippen molar-refractivity contribution in [2.45, 2.75) is 62.9 Å². The molecule has 2 aromatic rings. The number of nitrogens with one attached hydrogen (secondary N) is 1. The summed E-state index contributed by atoms with van der Waals surface area (Å²) < 4.78 is 28.6. The van der Waals surface area contributed by atoms with E-state index in [1.807, 2.05) is 6.92 Å². The number of rotatable bonds is 6. The van der Waals surface area contributed by atoms with E-state index in [0.717, 1.165) is 23.3 Å². The Labute approximate surface area is 193 Å². The lowest BCUT2D eigenvalue weighted by atomic mass is 10.2. The number of anilines is 2. The van der Waals surface area contributed by atoms with Gasteiger partial charge in [-0.15, -0.1) is 0 Å². The quantitative estimate of drug-likeness (QED) is 0.654. The SMILES string of the molecule is CC(=O)Nc1ccc(N2C(=O)CC(N(C3CCCC3)S(=O)(=O)c3ccc(C)cc3)C2=O)cc1. The van der Waals surface area contributed by atoms with Crippen LogP contribution in [0.5, 0.6) is 0 Å². The van der Waals surface area contributed by atoms with Crippen LogP contribution < -0.4 is 10.2 Å². The van der Waals surface area contributed by atoms with Crippen molar-refractivity contribution in [1.29, 1.82) is 0 Å². The van der Waals surface area contributed by atoms with Crippen molar-refractivity contribution in [3.8, 4) is 0 Å². The molecule has 1 heterocycles. The molecule has 0 aromatic heterocycles. The number of carbonyl (C=O) groups excluding carboxylic acids is 3. The van der Waals surface area contributed by atoms with Crippen LogP contribution in [0, 0.1) is 6.92 Å². The first-order valence-corrected chi connectivity index (χ1v) is 12.5. The molecule has 0 radical (unpaired) electrons. The van der Waals surface area contributed by atoms with Crippen LogP contribution in [0.2, 0.25) is 0 Å². The number of amides is 3. The second-order valence-corrected chi connectivity index (χ2v) is 10.4. The minimum Gasteiger partial charge on any atom is -0.326 e. The van der Waals surface area contributed by atoms with Gasteiger partial charge in [0.1, 0.15) is 6.04 Å². The lowest BCUT2D eigenvalue weighted by molar-refractivity contribution is -0.122. The Balaban J connectivity index is 1.67. The van der Waals surface area contributed by atoms with Gasteiger partial charge < -0.3 is 5.32 Å². The van der Waals surface area contributed by atoms with Crippen LogP contribution in [0.4, 0.5) is 11.4 Å². The largest absolute Gasteiger partial charge is 0.326 e. The van der Waals surface area contributed by atoms with Crippen molar-refractivity contribution in [2.24, 2.45) is 0 Å². The topological polar surface area (TPSA) is 104 Å². The van der Waals surface area contributed by atoms with Gasteiger partial charge in [0.05, 0.1) is 17.0 Å². The molecule has 1 saturated carbocycles. The van der Waals surface area contributed by atoms with Crippen LogP contribution in [-0.2, 0) is 24.4 Å². The number of nitrogens with zero attached hydrogens (tertiary/aromatic N) is 2. The zero-order valence-electron chi connectivity index (χ0n) is 18.7. The Morgan fingerprint density at radius 2 is 1.61 bits per heavy atom. The Kier molecular flexibility index (Phi) is 6.36. The highest BCUT2D eigenvalue weighted by Crippen LogP contribution is 2.35. The molecule has 2 fully saturated rings. The molecule has 0 bridgehead atoms. The van der Waals surface area contributed by atoms with Crippen LogP contribution in [0.3, 0.4) is 0 Å². The van der Waals surface area contributed by atoms with Crippen LogP contribution in [0.25, 0.3) is 0 Å². The van der Waals surface area contributed by atoms with E-state index in [9.17, 15) is 22.8 Å². The van der Waals surface area contributed by atoms with Gasteiger partial charge in [-0.25, -0.2) is 13.3 Å². The van der Waals surface area contributed by atoms with E-state index in [4.69, 9.17) is 0 Å². The van der Waals surface area contributed by atoms with Gasteiger partial charge in [-0.1, -0.05) is 30.5 Å². The summed E-state index contributed by atoms with van der Waals surface area (Å²) >= 11 is 0. The molecule has 2 aliphatic rings. The minimum absolute atomic E-state index is 0.123. The molecule has 0 spiro atoms. The molecule has 1 aliphatic carbocycles. The predicted molar refractivity (Wildman–Crippen MR) is 124 cm³/mol. The molecular weight excluding hydrogens is 442 g/mol. The molecule has 9 heteroatoms. The number of benzene rings is 2. The first-order valence-electron chi connectivity index (χ1n) is 11.0. The summed E-state index contributed by atoms with van der Waals surface area (Å²) in [5, 5.41) is 2.64. The summed E-state index contributed by atoms with van der Waals surface area (Å²) in [6.07, 6.45) is 2.89. The predicted octanol–water partition coefficient (Wildman–Crippen LogP) is 3.22. The van der Waals surface area contributed by atoms with Gasteiger partial charge in [-0.3, -0.25) is 14.4 Å². The minimum atomic E-state index is -3.98. The maximum atomic E-state index is 13.7. The summed E-state index contributed by atoms with van der Waals surface area (Å²) in [5.41, 5.74) is 1.82. The average Bonchev–Trinajstić information content (AvgIpc) is 3.37. The van der Waals surface area contributed by atoms with Crippen LogP contribution >= 0.6 is 0 Å². The summed E-state index contributed by atoms with van der Waals surface area (Å²) in [5.74, 6) is -1.22. The Morgan fingerprint density at radius 3 is 2.18 bits per heavy atom. The van der Waals surface area contributed by atoms with E-state index >= 15 is 0 Å². The smallest absolute Gasteiger partial charge is 0.252 e. The molecule has 1 unspecified atom stereocenters. The van der Waals surface area contributed by atoms with Gasteiger partial charge in [0, 0.05) is 18.7 Å². The molecule has 2 aromatic carbocycles. The molecule has 1 atom stereocenters. The fourth-order valence-electron chi connectivity index (χ4n) is 4.59. The van der Waals surface area contributed by atoms with E-state index in [2.05, 4.69) is 5.32 Å². The average molecular weight is 470 g/mol. The highest BCUT2D eigenvalue weighted by Gasteiger charge is 2.49. The number of imide groups is 1. The van der Waals surface area contributed by atoms with Crippen LogP contribution in [0.15, 0.2) is 53.4 Å². The molecule has 1 N–H and O–H groups in total. The molecule has 1 saturated heterocycles. The first-order chi connectivity index (χ1) is 15.7. The zero-order valence-corrected chi connectivity index (χ0v) is 19.5. The molecule has 4 rings (SSSR count). The van der Waals surface area contributed by atoms with E-state index in [-0.39, 0.29) is 23.3 Å². The van der Waals surface area contributed by atoms with Gasteiger partial charge in [-0.05, 0) is 56.2 Å². The maximum Gasteiger partial charge on any atom is 0.252 e. The lowest BCUT2D eigenvalue weighted by Gasteiger charge is -2.32. The molecular formula is C24H27N3O5S.